The van der Waals surface area contributed by atoms with Crippen molar-refractivity contribution in [3.8, 4) is 22.6 Å². The fraction of sp³-hybridized carbons (Fsp3) is 0.271. The highest BCUT2D eigenvalue weighted by Crippen LogP contribution is 2.41. The third kappa shape index (κ3) is 12.7. The fourth-order valence-electron chi connectivity index (χ4n) is 7.03. The van der Waals surface area contributed by atoms with Crippen molar-refractivity contribution in [2.45, 2.75) is 81.9 Å². The number of nitrogens with zero attached hydrogens (tertiary/aromatic N) is 1. The molecule has 0 radical (unpaired) electrons. The SMILES string of the molecule is O=C(CCCCCCC(=O)Nc1ccc(C2O[C@@H](CSc3nc(-c4ccccc4)c(-c4ccccc4)o3)C[C@@H](c3ccc(CO)cc3)O2)cc1)NOCc1ccc(B(O)O)cc1. The fourth-order valence-corrected chi connectivity index (χ4v) is 7.88. The number of nitrogens with one attached hydrogen (secondary N) is 2. The quantitative estimate of drug-likeness (QED) is 0.0218. The number of carbonyl (C=O) groups is 2. The molecule has 1 aliphatic rings. The van der Waals surface area contributed by atoms with Gasteiger partial charge in [-0.1, -0.05) is 146 Å². The van der Waals surface area contributed by atoms with Crippen molar-refractivity contribution in [3.05, 3.63) is 156 Å². The number of hydrogen-bond acceptors (Lipinski definition) is 11. The van der Waals surface area contributed by atoms with E-state index in [-0.39, 0.29) is 37.2 Å². The average Bonchev–Trinajstić information content (AvgIpc) is 3.75. The minimum absolute atomic E-state index is 0.0389. The Balaban J connectivity index is 0.890. The zero-order valence-electron chi connectivity index (χ0n) is 34.2. The van der Waals surface area contributed by atoms with E-state index in [1.54, 1.807) is 24.3 Å². The maximum Gasteiger partial charge on any atom is 0.488 e. The number of carbonyl (C=O) groups excluding carboxylic acids is 2. The molecule has 3 atom stereocenters. The molecular weight excluding hydrogens is 805 g/mol. The van der Waals surface area contributed by atoms with Crippen LogP contribution in [0.2, 0.25) is 0 Å². The molecule has 0 spiro atoms. The van der Waals surface area contributed by atoms with Crippen LogP contribution in [0.5, 0.6) is 0 Å². The van der Waals surface area contributed by atoms with Gasteiger partial charge in [0, 0.05) is 47.4 Å². The molecule has 2 amide bonds. The standard InChI is InChI=1S/C48H50BN3O9S/c53-30-33-17-21-35(22-18-33)42-29-41(32-62-48-51-45(36-11-5-3-6-12-36)46(61-48)37-13-7-4-8-14-37)59-47(60-42)38-23-27-40(28-24-38)50-43(54)15-9-1-2-10-16-44(55)52-58-31-34-19-25-39(26-20-34)49(56)57/h3-8,11-14,17-28,41-42,47,53,56-57H,1-2,9-10,15-16,29-32H2,(H,50,54)(H,52,55)/t41-,42+,47?/m1/s1. The predicted octanol–water partition coefficient (Wildman–Crippen LogP) is 8.05. The summed E-state index contributed by atoms with van der Waals surface area (Å²) in [6.07, 6.45) is 3.10. The van der Waals surface area contributed by atoms with Gasteiger partial charge < -0.3 is 34.4 Å². The first-order valence-corrected chi connectivity index (χ1v) is 21.8. The van der Waals surface area contributed by atoms with Crippen LogP contribution < -0.4 is 16.3 Å². The number of aliphatic hydroxyl groups is 1. The third-order valence-corrected chi connectivity index (χ3v) is 11.4. The van der Waals surface area contributed by atoms with Gasteiger partial charge in [-0.25, -0.2) is 10.5 Å². The van der Waals surface area contributed by atoms with Gasteiger partial charge >= 0.3 is 7.12 Å². The van der Waals surface area contributed by atoms with E-state index < -0.39 is 13.4 Å². The van der Waals surface area contributed by atoms with Gasteiger partial charge in [-0.3, -0.25) is 14.4 Å². The molecule has 14 heteroatoms. The zero-order valence-corrected chi connectivity index (χ0v) is 35.0. The summed E-state index contributed by atoms with van der Waals surface area (Å²) in [5.74, 6) is 0.976. The van der Waals surface area contributed by atoms with Crippen molar-refractivity contribution in [2.24, 2.45) is 0 Å². The molecule has 7 rings (SSSR count). The molecular formula is C48H50BN3O9S. The molecule has 1 aliphatic heterocycles. The maximum absolute atomic E-state index is 12.8. The van der Waals surface area contributed by atoms with Gasteiger partial charge in [0.05, 0.1) is 25.4 Å². The van der Waals surface area contributed by atoms with Crippen LogP contribution in [0, 0.1) is 0 Å². The van der Waals surface area contributed by atoms with Crippen molar-refractivity contribution < 1.29 is 43.5 Å². The summed E-state index contributed by atoms with van der Waals surface area (Å²) in [6.45, 7) is 0.122. The van der Waals surface area contributed by atoms with Crippen LogP contribution in [0.4, 0.5) is 5.69 Å². The number of amides is 2. The monoisotopic (exact) mass is 855 g/mol. The van der Waals surface area contributed by atoms with E-state index in [1.165, 1.54) is 11.8 Å². The number of rotatable bonds is 20. The van der Waals surface area contributed by atoms with Crippen LogP contribution in [-0.4, -0.2) is 50.9 Å². The molecule has 2 heterocycles. The number of anilines is 1. The number of aliphatic hydroxyl groups excluding tert-OH is 1. The molecule has 1 fully saturated rings. The van der Waals surface area contributed by atoms with Gasteiger partial charge in [0.1, 0.15) is 5.69 Å². The summed E-state index contributed by atoms with van der Waals surface area (Å²) in [7, 11) is -1.53. The van der Waals surface area contributed by atoms with Gasteiger partial charge in [0.15, 0.2) is 12.1 Å². The normalized spacial score (nSPS) is 16.1. The number of aromatic nitrogens is 1. The Morgan fingerprint density at radius 3 is 2.02 bits per heavy atom. The first kappa shape index (κ1) is 44.5. The lowest BCUT2D eigenvalue weighted by atomic mass is 9.80. The number of thioether (sulfide) groups is 1. The molecule has 62 heavy (non-hydrogen) atoms. The van der Waals surface area contributed by atoms with Crippen LogP contribution >= 0.6 is 11.8 Å². The second-order valence-corrected chi connectivity index (χ2v) is 16.0. The Labute approximate surface area is 365 Å². The van der Waals surface area contributed by atoms with E-state index in [4.69, 9.17) is 23.7 Å². The van der Waals surface area contributed by atoms with Gasteiger partial charge in [-0.05, 0) is 47.1 Å². The molecule has 5 N–H and O–H groups in total. The van der Waals surface area contributed by atoms with E-state index in [0.29, 0.717) is 60.0 Å². The molecule has 1 aromatic heterocycles. The van der Waals surface area contributed by atoms with E-state index in [1.807, 2.05) is 109 Å². The molecule has 0 aliphatic carbocycles. The number of ether oxygens (including phenoxy) is 2. The minimum atomic E-state index is -1.53. The molecule has 320 valence electrons. The topological polar surface area (TPSA) is 173 Å². The minimum Gasteiger partial charge on any atom is -0.431 e. The van der Waals surface area contributed by atoms with E-state index >= 15 is 0 Å². The lowest BCUT2D eigenvalue weighted by Crippen LogP contribution is -2.31. The first-order valence-electron chi connectivity index (χ1n) is 20.8. The Morgan fingerprint density at radius 1 is 0.726 bits per heavy atom. The maximum atomic E-state index is 12.8. The lowest BCUT2D eigenvalue weighted by molar-refractivity contribution is -0.245. The Morgan fingerprint density at radius 2 is 1.35 bits per heavy atom. The zero-order chi connectivity index (χ0) is 43.1. The van der Waals surface area contributed by atoms with E-state index in [0.717, 1.165) is 51.9 Å². The van der Waals surface area contributed by atoms with Crippen LogP contribution in [0.15, 0.2) is 143 Å². The largest absolute Gasteiger partial charge is 0.488 e. The Hall–Kier alpha value is -5.58. The number of benzene rings is 5. The van der Waals surface area contributed by atoms with Gasteiger partial charge in [-0.15, -0.1) is 0 Å². The van der Waals surface area contributed by atoms with Crippen molar-refractivity contribution in [2.75, 3.05) is 11.1 Å². The molecule has 1 saturated heterocycles. The summed E-state index contributed by atoms with van der Waals surface area (Å²) in [6, 6.07) is 41.8. The van der Waals surface area contributed by atoms with Crippen LogP contribution in [0.3, 0.4) is 0 Å². The van der Waals surface area contributed by atoms with Gasteiger partial charge in [0.2, 0.25) is 11.8 Å². The highest BCUT2D eigenvalue weighted by Gasteiger charge is 2.33. The second-order valence-electron chi connectivity index (χ2n) is 15.1. The first-order chi connectivity index (χ1) is 30.3. The lowest BCUT2D eigenvalue weighted by Gasteiger charge is -2.36. The summed E-state index contributed by atoms with van der Waals surface area (Å²) in [5.41, 5.74) is 9.60. The van der Waals surface area contributed by atoms with E-state index in [2.05, 4.69) is 10.8 Å². The summed E-state index contributed by atoms with van der Waals surface area (Å²) < 4.78 is 19.5. The van der Waals surface area contributed by atoms with Gasteiger partial charge in [0.25, 0.3) is 5.22 Å². The molecule has 5 aromatic carbocycles. The van der Waals surface area contributed by atoms with Crippen molar-refractivity contribution in [3.63, 3.8) is 0 Å². The number of hydroxylamine groups is 1. The number of unbranched alkanes of at least 4 members (excludes halogenated alkanes) is 3. The summed E-state index contributed by atoms with van der Waals surface area (Å²) in [5, 5.41) is 31.5. The molecule has 1 unspecified atom stereocenters. The summed E-state index contributed by atoms with van der Waals surface area (Å²) >= 11 is 1.50. The highest BCUT2D eigenvalue weighted by atomic mass is 32.2. The number of oxazole rings is 1. The number of hydrogen-bond donors (Lipinski definition) is 5. The second kappa shape index (κ2) is 22.5. The smallest absolute Gasteiger partial charge is 0.431 e. The average molecular weight is 856 g/mol. The molecule has 0 bridgehead atoms. The van der Waals surface area contributed by atoms with Crippen molar-refractivity contribution in [1.82, 2.24) is 10.5 Å². The van der Waals surface area contributed by atoms with Crippen LogP contribution in [0.1, 0.15) is 79.6 Å². The van der Waals surface area contributed by atoms with Crippen molar-refractivity contribution in [1.29, 1.82) is 0 Å². The summed E-state index contributed by atoms with van der Waals surface area (Å²) in [4.78, 5) is 35.1. The predicted molar refractivity (Wildman–Crippen MR) is 238 cm³/mol. The van der Waals surface area contributed by atoms with E-state index in [9.17, 15) is 24.7 Å². The molecule has 12 nitrogen and oxygen atoms in total. The third-order valence-electron chi connectivity index (χ3n) is 10.4. The van der Waals surface area contributed by atoms with Crippen molar-refractivity contribution >= 4 is 41.8 Å². The van der Waals surface area contributed by atoms with Crippen LogP contribution in [-0.2, 0) is 37.1 Å². The van der Waals surface area contributed by atoms with Gasteiger partial charge in [-0.2, -0.15) is 0 Å². The molecule has 6 aromatic rings. The Bertz CT molecular complexity index is 2260. The Kier molecular flexibility index (Phi) is 16.1. The molecule has 0 saturated carbocycles. The van der Waals surface area contributed by atoms with Crippen LogP contribution in [0.25, 0.3) is 22.6 Å². The highest BCUT2D eigenvalue weighted by molar-refractivity contribution is 7.99.